The molecular weight excluding hydrogens is 189 g/mol. The molecule has 1 N–H and O–H groups in total. The third kappa shape index (κ3) is 1.30. The van der Waals surface area contributed by atoms with Gasteiger partial charge in [0, 0.05) is 6.92 Å². The zero-order valence-corrected chi connectivity index (χ0v) is 7.24. The Morgan fingerprint density at radius 1 is 1.43 bits per heavy atom. The van der Waals surface area contributed by atoms with Crippen LogP contribution in [0.15, 0.2) is 16.8 Å². The van der Waals surface area contributed by atoms with Crippen molar-refractivity contribution in [2.45, 2.75) is 6.92 Å². The van der Waals surface area contributed by atoms with Crippen LogP contribution in [-0.2, 0) is 4.79 Å². The number of carbonyl (C=O) groups excluding carboxylic acids is 1. The Balaban J connectivity index is 2.60. The number of carbonyl (C=O) groups is 1. The molecule has 0 saturated heterocycles. The lowest BCUT2D eigenvalue weighted by molar-refractivity contribution is -0.114. The third-order valence-electron chi connectivity index (χ3n) is 1.68. The van der Waals surface area contributed by atoms with E-state index in [-0.39, 0.29) is 16.9 Å². The maximum Gasteiger partial charge on any atom is 0.221 e. The molecule has 0 bridgehead atoms. The van der Waals surface area contributed by atoms with Crippen molar-refractivity contribution < 1.29 is 13.8 Å². The van der Waals surface area contributed by atoms with Gasteiger partial charge in [-0.1, -0.05) is 0 Å². The highest BCUT2D eigenvalue weighted by molar-refractivity contribution is 5.98. The Hall–Kier alpha value is -1.98. The van der Waals surface area contributed by atoms with Crippen LogP contribution in [0.25, 0.3) is 11.0 Å². The van der Waals surface area contributed by atoms with Crippen molar-refractivity contribution in [3.05, 3.63) is 17.9 Å². The van der Waals surface area contributed by atoms with Gasteiger partial charge < -0.3 is 5.32 Å². The van der Waals surface area contributed by atoms with Gasteiger partial charge in [-0.2, -0.15) is 0 Å². The van der Waals surface area contributed by atoms with E-state index in [4.69, 9.17) is 0 Å². The number of nitrogens with one attached hydrogen (secondary N) is 1. The van der Waals surface area contributed by atoms with Gasteiger partial charge in [0.25, 0.3) is 0 Å². The molecule has 0 radical (unpaired) electrons. The van der Waals surface area contributed by atoms with Crippen LogP contribution in [0.2, 0.25) is 0 Å². The third-order valence-corrected chi connectivity index (χ3v) is 1.68. The first-order chi connectivity index (χ1) is 6.68. The summed E-state index contributed by atoms with van der Waals surface area (Å²) in [5.74, 6) is -0.795. The minimum atomic E-state index is -0.532. The van der Waals surface area contributed by atoms with E-state index in [0.29, 0.717) is 5.69 Å². The molecule has 1 aromatic carbocycles. The van der Waals surface area contributed by atoms with Crippen molar-refractivity contribution >= 4 is 22.6 Å². The van der Waals surface area contributed by atoms with Crippen molar-refractivity contribution in [2.24, 2.45) is 0 Å². The second kappa shape index (κ2) is 3.06. The van der Waals surface area contributed by atoms with E-state index >= 15 is 0 Å². The maximum atomic E-state index is 13.1. The van der Waals surface area contributed by atoms with E-state index in [1.807, 2.05) is 0 Å². The minimum Gasteiger partial charge on any atom is -0.324 e. The summed E-state index contributed by atoms with van der Waals surface area (Å²) in [5, 5.41) is 9.36. The molecule has 2 aromatic rings. The Kier molecular flexibility index (Phi) is 1.88. The van der Waals surface area contributed by atoms with Gasteiger partial charge in [0.2, 0.25) is 5.91 Å². The quantitative estimate of drug-likeness (QED) is 0.745. The first kappa shape index (κ1) is 8.61. The molecule has 0 fully saturated rings. The minimum absolute atomic E-state index is 0.0104. The van der Waals surface area contributed by atoms with Gasteiger partial charge in [-0.3, -0.25) is 4.79 Å². The fourth-order valence-electron chi connectivity index (χ4n) is 1.13. The Morgan fingerprint density at radius 3 is 2.86 bits per heavy atom. The number of halogens is 1. The number of hydrogen-bond acceptors (Lipinski definition) is 4. The molecule has 72 valence electrons. The van der Waals surface area contributed by atoms with Crippen LogP contribution < -0.4 is 5.32 Å². The van der Waals surface area contributed by atoms with E-state index < -0.39 is 5.82 Å². The van der Waals surface area contributed by atoms with Crippen LogP contribution in [0.1, 0.15) is 6.92 Å². The van der Waals surface area contributed by atoms with E-state index in [9.17, 15) is 9.18 Å². The SMILES string of the molecule is CC(=O)Nc1ccc(F)c2nonc12. The average Bonchev–Trinajstić information content (AvgIpc) is 2.58. The first-order valence-corrected chi connectivity index (χ1v) is 3.87. The summed E-state index contributed by atoms with van der Waals surface area (Å²) in [7, 11) is 0. The van der Waals surface area contributed by atoms with Gasteiger partial charge in [0.1, 0.15) is 0 Å². The molecule has 5 nitrogen and oxygen atoms in total. The molecule has 0 atom stereocenters. The maximum absolute atomic E-state index is 13.1. The topological polar surface area (TPSA) is 68.0 Å². The van der Waals surface area contributed by atoms with E-state index in [1.165, 1.54) is 19.1 Å². The fourth-order valence-corrected chi connectivity index (χ4v) is 1.13. The normalized spacial score (nSPS) is 10.4. The second-order valence-corrected chi connectivity index (χ2v) is 2.74. The van der Waals surface area contributed by atoms with Gasteiger partial charge in [0.05, 0.1) is 5.69 Å². The Bertz CT molecular complexity index is 494. The molecule has 6 heteroatoms. The molecule has 0 aliphatic rings. The highest BCUT2D eigenvalue weighted by Crippen LogP contribution is 2.22. The summed E-state index contributed by atoms with van der Waals surface area (Å²) in [6.07, 6.45) is 0. The molecule has 1 heterocycles. The molecule has 14 heavy (non-hydrogen) atoms. The van der Waals surface area contributed by atoms with Crippen LogP contribution in [0.5, 0.6) is 0 Å². The fraction of sp³-hybridized carbons (Fsp3) is 0.125. The van der Waals surface area contributed by atoms with Crippen LogP contribution in [0.3, 0.4) is 0 Å². The van der Waals surface area contributed by atoms with Gasteiger partial charge in [-0.05, 0) is 22.4 Å². The number of benzene rings is 1. The summed E-state index contributed by atoms with van der Waals surface area (Å²) in [6, 6.07) is 2.60. The van der Waals surface area contributed by atoms with Crippen molar-refractivity contribution in [3.8, 4) is 0 Å². The number of rotatable bonds is 1. The van der Waals surface area contributed by atoms with Crippen molar-refractivity contribution in [1.82, 2.24) is 10.3 Å². The van der Waals surface area contributed by atoms with Crippen LogP contribution in [0.4, 0.5) is 10.1 Å². The molecule has 1 amide bonds. The standard InChI is InChI=1S/C8H6FN3O2/c1-4(13)10-6-3-2-5(9)7-8(6)12-14-11-7/h2-3H,1H3,(H,10,13). The zero-order chi connectivity index (χ0) is 10.1. The summed E-state index contributed by atoms with van der Waals surface area (Å²) in [6.45, 7) is 1.35. The number of nitrogens with zero attached hydrogens (tertiary/aromatic N) is 2. The number of anilines is 1. The second-order valence-electron chi connectivity index (χ2n) is 2.74. The molecule has 0 aliphatic heterocycles. The van der Waals surface area contributed by atoms with Crippen LogP contribution >= 0.6 is 0 Å². The lowest BCUT2D eigenvalue weighted by atomic mass is 10.2. The number of amides is 1. The van der Waals surface area contributed by atoms with Crippen molar-refractivity contribution in [1.29, 1.82) is 0 Å². The molecule has 0 spiro atoms. The summed E-state index contributed by atoms with van der Waals surface area (Å²) in [5.41, 5.74) is 0.603. The predicted molar refractivity (Wildman–Crippen MR) is 46.1 cm³/mol. The van der Waals surface area contributed by atoms with E-state index in [1.54, 1.807) is 0 Å². The highest BCUT2D eigenvalue weighted by Gasteiger charge is 2.11. The molecule has 0 saturated carbocycles. The molecule has 2 rings (SSSR count). The average molecular weight is 195 g/mol. The summed E-state index contributed by atoms with van der Waals surface area (Å²) >= 11 is 0. The summed E-state index contributed by atoms with van der Waals surface area (Å²) < 4.78 is 17.4. The monoisotopic (exact) mass is 195 g/mol. The van der Waals surface area contributed by atoms with Crippen LogP contribution in [0, 0.1) is 5.82 Å². The smallest absolute Gasteiger partial charge is 0.221 e. The molecule has 0 unspecified atom stereocenters. The molecular formula is C8H6FN3O2. The Labute approximate surface area is 77.9 Å². The van der Waals surface area contributed by atoms with Crippen molar-refractivity contribution in [2.75, 3.05) is 5.32 Å². The Morgan fingerprint density at radius 2 is 2.14 bits per heavy atom. The lowest BCUT2D eigenvalue weighted by Crippen LogP contribution is -2.06. The van der Waals surface area contributed by atoms with Crippen molar-refractivity contribution in [3.63, 3.8) is 0 Å². The first-order valence-electron chi connectivity index (χ1n) is 3.87. The van der Waals surface area contributed by atoms with Gasteiger partial charge in [-0.15, -0.1) is 0 Å². The number of fused-ring (bicyclic) bond motifs is 1. The summed E-state index contributed by atoms with van der Waals surface area (Å²) in [4.78, 5) is 10.8. The predicted octanol–water partition coefficient (Wildman–Crippen LogP) is 1.32. The van der Waals surface area contributed by atoms with Gasteiger partial charge in [-0.25, -0.2) is 9.02 Å². The molecule has 0 aliphatic carbocycles. The van der Waals surface area contributed by atoms with E-state index in [2.05, 4.69) is 20.3 Å². The zero-order valence-electron chi connectivity index (χ0n) is 7.24. The number of hydrogen-bond donors (Lipinski definition) is 1. The largest absolute Gasteiger partial charge is 0.324 e. The lowest BCUT2D eigenvalue weighted by Gasteiger charge is -2.00. The molecule has 1 aromatic heterocycles. The van der Waals surface area contributed by atoms with Gasteiger partial charge >= 0.3 is 0 Å². The highest BCUT2D eigenvalue weighted by atomic mass is 19.1. The van der Waals surface area contributed by atoms with Gasteiger partial charge in [0.15, 0.2) is 16.9 Å². The van der Waals surface area contributed by atoms with Crippen LogP contribution in [-0.4, -0.2) is 16.2 Å². The number of aromatic nitrogens is 2. The van der Waals surface area contributed by atoms with E-state index in [0.717, 1.165) is 0 Å².